The van der Waals surface area contributed by atoms with Crippen molar-refractivity contribution in [1.29, 1.82) is 0 Å². The van der Waals surface area contributed by atoms with E-state index in [-0.39, 0.29) is 33.6 Å². The van der Waals surface area contributed by atoms with Gasteiger partial charge in [0.2, 0.25) is 0 Å². The lowest BCUT2D eigenvalue weighted by atomic mass is 9.68. The molecule has 152 valence electrons. The lowest BCUT2D eigenvalue weighted by molar-refractivity contribution is -0.166. The minimum Gasteiger partial charge on any atom is -0.508 e. The molecule has 3 rings (SSSR count). The van der Waals surface area contributed by atoms with Crippen LogP contribution in [0.25, 0.3) is 0 Å². The van der Waals surface area contributed by atoms with Crippen LogP contribution < -0.4 is 0 Å². The minimum absolute atomic E-state index is 0.0167. The molecule has 0 aliphatic heterocycles. The van der Waals surface area contributed by atoms with E-state index in [0.717, 1.165) is 5.56 Å². The molecule has 0 fully saturated rings. The third-order valence-corrected chi connectivity index (χ3v) is 5.21. The second kappa shape index (κ2) is 7.14. The lowest BCUT2D eigenvalue weighted by Gasteiger charge is -2.38. The van der Waals surface area contributed by atoms with Crippen LogP contribution in [0.1, 0.15) is 43.0 Å². The van der Waals surface area contributed by atoms with E-state index in [1.54, 1.807) is 12.1 Å². The Morgan fingerprint density at radius 3 is 1.07 bits per heavy atom. The molecule has 0 amide bonds. The van der Waals surface area contributed by atoms with Gasteiger partial charge in [0.25, 0.3) is 0 Å². The quantitative estimate of drug-likeness (QED) is 0.507. The van der Waals surface area contributed by atoms with Crippen molar-refractivity contribution < 1.29 is 23.4 Å². The molecule has 0 radical (unpaired) electrons. The van der Waals surface area contributed by atoms with Gasteiger partial charge in [-0.1, -0.05) is 69.3 Å². The van der Waals surface area contributed by atoms with Crippen LogP contribution in [0.4, 0.5) is 13.2 Å². The molecule has 0 bridgehead atoms. The smallest absolute Gasteiger partial charge is 0.406 e. The summed E-state index contributed by atoms with van der Waals surface area (Å²) in [5, 5.41) is 19.2. The Hall–Kier alpha value is -2.95. The molecule has 2 nitrogen and oxygen atoms in total. The van der Waals surface area contributed by atoms with Crippen molar-refractivity contribution >= 4 is 0 Å². The predicted molar refractivity (Wildman–Crippen MR) is 107 cm³/mol. The number of alkyl halides is 3. The summed E-state index contributed by atoms with van der Waals surface area (Å²) in [6.07, 6.45) is -4.68. The largest absolute Gasteiger partial charge is 0.508 e. The van der Waals surface area contributed by atoms with Crippen LogP contribution in [0.3, 0.4) is 0 Å². The third kappa shape index (κ3) is 3.69. The normalized spacial score (nSPS) is 12.8. The Bertz CT molecular complexity index is 920. The highest BCUT2D eigenvalue weighted by Gasteiger charge is 2.58. The van der Waals surface area contributed by atoms with E-state index in [1.165, 1.54) is 60.7 Å². The summed E-state index contributed by atoms with van der Waals surface area (Å²) in [4.78, 5) is 0. The number of hydrogen-bond acceptors (Lipinski definition) is 2. The second-order valence-electron chi connectivity index (χ2n) is 8.17. The van der Waals surface area contributed by atoms with Gasteiger partial charge < -0.3 is 10.2 Å². The van der Waals surface area contributed by atoms with E-state index in [1.807, 2.05) is 20.8 Å². The van der Waals surface area contributed by atoms with Crippen molar-refractivity contribution in [2.75, 3.05) is 0 Å². The Labute approximate surface area is 168 Å². The van der Waals surface area contributed by atoms with Gasteiger partial charge in [-0.3, -0.25) is 0 Å². The Kier molecular flexibility index (Phi) is 5.11. The van der Waals surface area contributed by atoms with E-state index in [2.05, 4.69) is 0 Å². The molecule has 0 aliphatic rings. The average molecular weight is 400 g/mol. The van der Waals surface area contributed by atoms with Crippen LogP contribution in [0.2, 0.25) is 0 Å². The summed E-state index contributed by atoms with van der Waals surface area (Å²) in [5.41, 5.74) is -1.70. The summed E-state index contributed by atoms with van der Waals surface area (Å²) < 4.78 is 44.5. The SMILES string of the molecule is CC(C)(C)c1ccc(C(c2ccc(O)cc2)(c2ccc(O)cc2)C(F)(F)F)cc1. The van der Waals surface area contributed by atoms with Gasteiger partial charge in [0, 0.05) is 0 Å². The van der Waals surface area contributed by atoms with Crippen molar-refractivity contribution in [3.63, 3.8) is 0 Å². The molecule has 0 aliphatic carbocycles. The number of halogens is 3. The number of rotatable bonds is 3. The molecule has 0 aromatic heterocycles. The monoisotopic (exact) mass is 400 g/mol. The molecule has 3 aromatic carbocycles. The maximum atomic E-state index is 14.8. The van der Waals surface area contributed by atoms with Crippen molar-refractivity contribution in [3.8, 4) is 11.5 Å². The van der Waals surface area contributed by atoms with Crippen LogP contribution in [0, 0.1) is 0 Å². The Morgan fingerprint density at radius 1 is 0.517 bits per heavy atom. The molecule has 5 heteroatoms. The van der Waals surface area contributed by atoms with Crippen LogP contribution in [0.15, 0.2) is 72.8 Å². The highest BCUT2D eigenvalue weighted by Crippen LogP contribution is 2.51. The summed E-state index contributed by atoms with van der Waals surface area (Å²) in [7, 11) is 0. The molecule has 0 spiro atoms. The summed E-state index contributed by atoms with van der Waals surface area (Å²) in [6, 6.07) is 16.6. The van der Waals surface area contributed by atoms with Gasteiger partial charge in [-0.15, -0.1) is 0 Å². The third-order valence-electron chi connectivity index (χ3n) is 5.21. The number of phenols is 2. The molecule has 29 heavy (non-hydrogen) atoms. The van der Waals surface area contributed by atoms with Crippen molar-refractivity contribution in [3.05, 3.63) is 95.1 Å². The molecular weight excluding hydrogens is 377 g/mol. The lowest BCUT2D eigenvalue weighted by Crippen LogP contribution is -2.44. The van der Waals surface area contributed by atoms with Crippen LogP contribution in [0.5, 0.6) is 11.5 Å². The maximum absolute atomic E-state index is 14.8. The van der Waals surface area contributed by atoms with E-state index >= 15 is 0 Å². The number of phenolic OH excluding ortho intramolecular Hbond substituents is 2. The minimum atomic E-state index is -4.68. The molecule has 0 saturated carbocycles. The fourth-order valence-electron chi connectivity index (χ4n) is 3.63. The average Bonchev–Trinajstić information content (AvgIpc) is 2.64. The summed E-state index contributed by atoms with van der Waals surface area (Å²) in [5.74, 6) is -0.225. The number of hydrogen-bond donors (Lipinski definition) is 2. The zero-order chi connectivity index (χ0) is 21.4. The van der Waals surface area contributed by atoms with Gasteiger partial charge >= 0.3 is 6.18 Å². The van der Waals surface area contributed by atoms with Crippen LogP contribution in [-0.4, -0.2) is 16.4 Å². The van der Waals surface area contributed by atoms with Crippen LogP contribution in [-0.2, 0) is 10.8 Å². The zero-order valence-electron chi connectivity index (χ0n) is 16.5. The van der Waals surface area contributed by atoms with Gasteiger partial charge in [-0.25, -0.2) is 0 Å². The fourth-order valence-corrected chi connectivity index (χ4v) is 3.63. The zero-order valence-corrected chi connectivity index (χ0v) is 16.5. The maximum Gasteiger partial charge on any atom is 0.406 e. The Morgan fingerprint density at radius 2 is 0.793 bits per heavy atom. The molecule has 3 aromatic rings. The Balaban J connectivity index is 2.35. The molecule has 0 saturated heterocycles. The van der Waals surface area contributed by atoms with E-state index in [4.69, 9.17) is 0 Å². The predicted octanol–water partition coefficient (Wildman–Crippen LogP) is 6.29. The molecule has 0 heterocycles. The van der Waals surface area contributed by atoms with Gasteiger partial charge in [-0.2, -0.15) is 13.2 Å². The molecular formula is C24H23F3O2. The molecule has 2 N–H and O–H groups in total. The first-order chi connectivity index (χ1) is 13.5. The number of benzene rings is 3. The first kappa shape index (κ1) is 20.8. The highest BCUT2D eigenvalue weighted by atomic mass is 19.4. The van der Waals surface area contributed by atoms with E-state index in [0.29, 0.717) is 0 Å². The van der Waals surface area contributed by atoms with Gasteiger partial charge in [0.15, 0.2) is 0 Å². The first-order valence-electron chi connectivity index (χ1n) is 9.23. The molecule has 0 unspecified atom stereocenters. The van der Waals surface area contributed by atoms with Crippen molar-refractivity contribution in [2.45, 2.75) is 37.8 Å². The summed E-state index contributed by atoms with van der Waals surface area (Å²) in [6.45, 7) is 6.00. The second-order valence-corrected chi connectivity index (χ2v) is 8.17. The van der Waals surface area contributed by atoms with Crippen molar-refractivity contribution in [2.24, 2.45) is 0 Å². The topological polar surface area (TPSA) is 40.5 Å². The van der Waals surface area contributed by atoms with Crippen molar-refractivity contribution in [1.82, 2.24) is 0 Å². The van der Waals surface area contributed by atoms with Crippen LogP contribution >= 0.6 is 0 Å². The fraction of sp³-hybridized carbons (Fsp3) is 0.250. The van der Waals surface area contributed by atoms with E-state index < -0.39 is 11.6 Å². The summed E-state index contributed by atoms with van der Waals surface area (Å²) >= 11 is 0. The van der Waals surface area contributed by atoms with Gasteiger partial charge in [-0.05, 0) is 51.9 Å². The standard InChI is InChI=1S/C24H23F3O2/c1-22(2,3)16-4-6-17(7-5-16)23(24(25,26)27,18-8-12-20(28)13-9-18)19-10-14-21(29)15-11-19/h4-15,28-29H,1-3H3. The first-order valence-corrected chi connectivity index (χ1v) is 9.23. The molecule has 0 atom stereocenters. The highest BCUT2D eigenvalue weighted by molar-refractivity contribution is 5.54. The van der Waals surface area contributed by atoms with Gasteiger partial charge in [0.05, 0.1) is 0 Å². The number of aromatic hydroxyl groups is 2. The van der Waals surface area contributed by atoms with E-state index in [9.17, 15) is 23.4 Å². The van der Waals surface area contributed by atoms with Gasteiger partial charge in [0.1, 0.15) is 16.9 Å².